The number of pyridine rings is 1. The first-order chi connectivity index (χ1) is 7.38. The van der Waals surface area contributed by atoms with Crippen LogP contribution in [0.15, 0.2) is 48.7 Å². The van der Waals surface area contributed by atoms with Crippen molar-refractivity contribution in [2.24, 2.45) is 0 Å². The topological polar surface area (TPSA) is 22.1 Å². The van der Waals surface area contributed by atoms with Crippen LogP contribution in [0, 0.1) is 0 Å². The molecule has 0 bridgehead atoms. The Bertz CT molecular complexity index is 431. The van der Waals surface area contributed by atoms with Gasteiger partial charge >= 0.3 is 0 Å². The van der Waals surface area contributed by atoms with E-state index < -0.39 is 0 Å². The molecular weight excluding hydrogens is 210 g/mol. The van der Waals surface area contributed by atoms with Crippen molar-refractivity contribution < 1.29 is 4.74 Å². The smallest absolute Gasteiger partial charge is 0.219 e. The quantitative estimate of drug-likeness (QED) is 0.736. The predicted molar refractivity (Wildman–Crippen MR) is 60.3 cm³/mol. The predicted octanol–water partition coefficient (Wildman–Crippen LogP) is 3.61. The lowest BCUT2D eigenvalue weighted by Gasteiger charge is -2.04. The molecule has 15 heavy (non-hydrogen) atoms. The third-order valence-electron chi connectivity index (χ3n) is 1.92. The fourth-order valence-corrected chi connectivity index (χ4v) is 1.36. The van der Waals surface area contributed by atoms with E-state index in [0.29, 0.717) is 11.8 Å². The van der Waals surface area contributed by atoms with Crippen LogP contribution in [0.5, 0.6) is 11.6 Å². The van der Waals surface area contributed by atoms with Crippen molar-refractivity contribution in [3.63, 3.8) is 0 Å². The number of hydrogen-bond donors (Lipinski definition) is 0. The molecule has 0 fully saturated rings. The Morgan fingerprint density at radius 2 is 1.93 bits per heavy atom. The highest BCUT2D eigenvalue weighted by atomic mass is 35.5. The van der Waals surface area contributed by atoms with Gasteiger partial charge in [-0.25, -0.2) is 4.98 Å². The van der Waals surface area contributed by atoms with E-state index in [1.165, 1.54) is 0 Å². The Labute approximate surface area is 93.5 Å². The van der Waals surface area contributed by atoms with Crippen LogP contribution in [0.2, 0.25) is 0 Å². The molecule has 0 spiro atoms. The summed E-state index contributed by atoms with van der Waals surface area (Å²) >= 11 is 5.72. The number of alkyl halides is 1. The average Bonchev–Trinajstić information content (AvgIpc) is 2.31. The second kappa shape index (κ2) is 4.80. The Hall–Kier alpha value is -1.54. The number of aromatic nitrogens is 1. The maximum atomic E-state index is 5.72. The summed E-state index contributed by atoms with van der Waals surface area (Å²) in [6.07, 6.45) is 1.69. The minimum absolute atomic E-state index is 0.466. The van der Waals surface area contributed by atoms with Crippen LogP contribution in [0.1, 0.15) is 5.56 Å². The van der Waals surface area contributed by atoms with Crippen molar-refractivity contribution in [1.82, 2.24) is 4.98 Å². The molecule has 3 heteroatoms. The lowest BCUT2D eigenvalue weighted by Crippen LogP contribution is -1.88. The lowest BCUT2D eigenvalue weighted by atomic mass is 10.3. The molecule has 2 aromatic rings. The van der Waals surface area contributed by atoms with Crippen molar-refractivity contribution in [3.05, 3.63) is 54.2 Å². The number of halogens is 1. The first-order valence-corrected chi connectivity index (χ1v) is 5.16. The molecule has 0 amide bonds. The second-order valence-corrected chi connectivity index (χ2v) is 3.32. The molecule has 0 N–H and O–H groups in total. The molecule has 0 unspecified atom stereocenters. The SMILES string of the molecule is ClCc1ccnc(Oc2ccccc2)c1. The third-order valence-corrected chi connectivity index (χ3v) is 2.23. The van der Waals surface area contributed by atoms with Crippen LogP contribution in [-0.4, -0.2) is 4.98 Å². The van der Waals surface area contributed by atoms with Crippen LogP contribution in [0.25, 0.3) is 0 Å². The largest absolute Gasteiger partial charge is 0.439 e. The standard InChI is InChI=1S/C12H10ClNO/c13-9-10-6-7-14-12(8-10)15-11-4-2-1-3-5-11/h1-8H,9H2. The Kier molecular flexibility index (Phi) is 3.20. The van der Waals surface area contributed by atoms with E-state index in [9.17, 15) is 0 Å². The number of hydrogen-bond acceptors (Lipinski definition) is 2. The Morgan fingerprint density at radius 1 is 1.13 bits per heavy atom. The molecule has 0 aliphatic heterocycles. The molecular formula is C12H10ClNO. The fourth-order valence-electron chi connectivity index (χ4n) is 1.20. The monoisotopic (exact) mass is 219 g/mol. The molecule has 0 aliphatic carbocycles. The zero-order valence-corrected chi connectivity index (χ0v) is 8.82. The number of ether oxygens (including phenoxy) is 1. The second-order valence-electron chi connectivity index (χ2n) is 3.05. The molecule has 1 aromatic carbocycles. The van der Waals surface area contributed by atoms with Gasteiger partial charge in [0.25, 0.3) is 0 Å². The van der Waals surface area contributed by atoms with E-state index in [4.69, 9.17) is 16.3 Å². The number of para-hydroxylation sites is 1. The zero-order chi connectivity index (χ0) is 10.5. The van der Waals surface area contributed by atoms with E-state index in [2.05, 4.69) is 4.98 Å². The van der Waals surface area contributed by atoms with Crippen LogP contribution in [-0.2, 0) is 5.88 Å². The molecule has 0 saturated carbocycles. The van der Waals surface area contributed by atoms with Crippen molar-refractivity contribution in [2.45, 2.75) is 5.88 Å². The maximum Gasteiger partial charge on any atom is 0.219 e. The van der Waals surface area contributed by atoms with E-state index >= 15 is 0 Å². The highest BCUT2D eigenvalue weighted by Gasteiger charge is 1.98. The van der Waals surface area contributed by atoms with Gasteiger partial charge in [0.2, 0.25) is 5.88 Å². The molecule has 0 radical (unpaired) electrons. The van der Waals surface area contributed by atoms with Crippen LogP contribution >= 0.6 is 11.6 Å². The summed E-state index contributed by atoms with van der Waals surface area (Å²) in [5.41, 5.74) is 0.998. The van der Waals surface area contributed by atoms with E-state index in [-0.39, 0.29) is 0 Å². The third kappa shape index (κ3) is 2.70. The summed E-state index contributed by atoms with van der Waals surface area (Å²) in [4.78, 5) is 4.10. The fraction of sp³-hybridized carbons (Fsp3) is 0.0833. The molecule has 0 aliphatic rings. The highest BCUT2D eigenvalue weighted by Crippen LogP contribution is 2.19. The average molecular weight is 220 g/mol. The molecule has 1 aromatic heterocycles. The van der Waals surface area contributed by atoms with Crippen LogP contribution < -0.4 is 4.74 Å². The van der Waals surface area contributed by atoms with Gasteiger partial charge in [0.15, 0.2) is 0 Å². The van der Waals surface area contributed by atoms with E-state index in [1.54, 1.807) is 6.20 Å². The minimum atomic E-state index is 0.466. The minimum Gasteiger partial charge on any atom is -0.439 e. The molecule has 2 nitrogen and oxygen atoms in total. The Balaban J connectivity index is 2.17. The summed E-state index contributed by atoms with van der Waals surface area (Å²) in [5, 5.41) is 0. The van der Waals surface area contributed by atoms with Gasteiger partial charge in [-0.15, -0.1) is 11.6 Å². The van der Waals surface area contributed by atoms with Gasteiger partial charge in [-0.3, -0.25) is 0 Å². The number of nitrogens with zero attached hydrogens (tertiary/aromatic N) is 1. The molecule has 0 saturated heterocycles. The summed E-state index contributed by atoms with van der Waals surface area (Å²) < 4.78 is 5.55. The van der Waals surface area contributed by atoms with Gasteiger partial charge < -0.3 is 4.74 Å². The summed E-state index contributed by atoms with van der Waals surface area (Å²) in [6.45, 7) is 0. The summed E-state index contributed by atoms with van der Waals surface area (Å²) in [7, 11) is 0. The normalized spacial score (nSPS) is 9.93. The van der Waals surface area contributed by atoms with E-state index in [0.717, 1.165) is 11.3 Å². The molecule has 2 rings (SSSR count). The molecule has 76 valence electrons. The lowest BCUT2D eigenvalue weighted by molar-refractivity contribution is 0.462. The van der Waals surface area contributed by atoms with Crippen LogP contribution in [0.4, 0.5) is 0 Å². The number of rotatable bonds is 3. The number of benzene rings is 1. The molecule has 1 heterocycles. The van der Waals surface area contributed by atoms with Gasteiger partial charge in [0.05, 0.1) is 0 Å². The van der Waals surface area contributed by atoms with Crippen molar-refractivity contribution in [2.75, 3.05) is 0 Å². The van der Waals surface area contributed by atoms with Gasteiger partial charge in [-0.1, -0.05) is 18.2 Å². The van der Waals surface area contributed by atoms with Gasteiger partial charge in [-0.2, -0.15) is 0 Å². The first-order valence-electron chi connectivity index (χ1n) is 4.62. The first kappa shape index (κ1) is 9.99. The van der Waals surface area contributed by atoms with Crippen molar-refractivity contribution in [1.29, 1.82) is 0 Å². The van der Waals surface area contributed by atoms with Crippen LogP contribution in [0.3, 0.4) is 0 Å². The molecule has 0 atom stereocenters. The van der Waals surface area contributed by atoms with Gasteiger partial charge in [0.1, 0.15) is 5.75 Å². The van der Waals surface area contributed by atoms with Gasteiger partial charge in [-0.05, 0) is 23.8 Å². The summed E-state index contributed by atoms with van der Waals surface area (Å²) in [5.74, 6) is 1.81. The zero-order valence-electron chi connectivity index (χ0n) is 8.06. The van der Waals surface area contributed by atoms with E-state index in [1.807, 2.05) is 42.5 Å². The van der Waals surface area contributed by atoms with Gasteiger partial charge in [0, 0.05) is 18.1 Å². The maximum absolute atomic E-state index is 5.72. The van der Waals surface area contributed by atoms with Crippen molar-refractivity contribution in [3.8, 4) is 11.6 Å². The highest BCUT2D eigenvalue weighted by molar-refractivity contribution is 6.17. The summed E-state index contributed by atoms with van der Waals surface area (Å²) in [6, 6.07) is 13.2. The van der Waals surface area contributed by atoms with Crippen molar-refractivity contribution >= 4 is 11.6 Å². The Morgan fingerprint density at radius 3 is 2.67 bits per heavy atom.